The zero-order chi connectivity index (χ0) is 22.1. The zero-order valence-corrected chi connectivity index (χ0v) is 18.2. The molecule has 0 aliphatic rings. The van der Waals surface area contributed by atoms with Crippen LogP contribution in [0.4, 0.5) is 0 Å². The molecule has 0 saturated heterocycles. The molecule has 7 nitrogen and oxygen atoms in total. The predicted molar refractivity (Wildman–Crippen MR) is 116 cm³/mol. The minimum atomic E-state index is -1.62. The van der Waals surface area contributed by atoms with Gasteiger partial charge in [0.1, 0.15) is 6.04 Å². The highest BCUT2D eigenvalue weighted by atomic mass is 16.5. The molecule has 2 atom stereocenters. The summed E-state index contributed by atoms with van der Waals surface area (Å²) in [6.07, 6.45) is 5.83. The molecule has 4 N–H and O–H groups in total. The first-order valence-corrected chi connectivity index (χ1v) is 10.7. The van der Waals surface area contributed by atoms with Crippen LogP contribution in [0.2, 0.25) is 0 Å². The van der Waals surface area contributed by atoms with E-state index in [2.05, 4.69) is 41.5 Å². The molecule has 0 aliphatic heterocycles. The number of carboxylic acids is 1. The Kier molecular flexibility index (Phi) is 9.49. The average Bonchev–Trinajstić information content (AvgIpc) is 3.12. The number of nitrogens with zero attached hydrogens (tertiary/aromatic N) is 2. The van der Waals surface area contributed by atoms with Gasteiger partial charge in [0.2, 0.25) is 0 Å². The van der Waals surface area contributed by atoms with Crippen molar-refractivity contribution in [1.82, 2.24) is 14.9 Å². The normalized spacial score (nSPS) is 13.7. The van der Waals surface area contributed by atoms with Gasteiger partial charge in [-0.25, -0.2) is 4.98 Å². The maximum Gasteiger partial charge on any atom is 0.321 e. The number of aliphatic hydroxyl groups is 2. The second kappa shape index (κ2) is 11.8. The van der Waals surface area contributed by atoms with Crippen LogP contribution in [0.1, 0.15) is 56.9 Å². The van der Waals surface area contributed by atoms with Gasteiger partial charge >= 0.3 is 5.97 Å². The summed E-state index contributed by atoms with van der Waals surface area (Å²) in [5, 5.41) is 31.8. The largest absolute Gasteiger partial charge is 0.480 e. The molecule has 1 aromatic carbocycles. The summed E-state index contributed by atoms with van der Waals surface area (Å²) in [5.74, 6) is -0.831. The lowest BCUT2D eigenvalue weighted by molar-refractivity contribution is -0.141. The van der Waals surface area contributed by atoms with Crippen molar-refractivity contribution in [3.8, 4) is 0 Å². The Morgan fingerprint density at radius 1 is 1.17 bits per heavy atom. The molecule has 0 amide bonds. The minimum absolute atomic E-state index is 0.199. The van der Waals surface area contributed by atoms with Crippen LogP contribution in [0.5, 0.6) is 0 Å². The second-order valence-corrected chi connectivity index (χ2v) is 8.34. The first-order valence-electron chi connectivity index (χ1n) is 10.7. The van der Waals surface area contributed by atoms with Gasteiger partial charge in [0.25, 0.3) is 0 Å². The molecular weight excluding hydrogens is 382 g/mol. The van der Waals surface area contributed by atoms with Gasteiger partial charge in [0, 0.05) is 24.9 Å². The van der Waals surface area contributed by atoms with E-state index in [4.69, 9.17) is 0 Å². The van der Waals surface area contributed by atoms with Crippen molar-refractivity contribution < 1.29 is 20.1 Å². The van der Waals surface area contributed by atoms with Gasteiger partial charge in [-0.1, -0.05) is 51.5 Å². The number of carboxylic acid groups (broad SMARTS) is 1. The number of aliphatic hydroxyl groups excluding tert-OH is 1. The fourth-order valence-corrected chi connectivity index (χ4v) is 3.52. The molecule has 0 bridgehead atoms. The number of carbonyl (C=O) groups is 1. The number of imidazole rings is 1. The molecule has 0 aliphatic carbocycles. The minimum Gasteiger partial charge on any atom is -0.480 e. The van der Waals surface area contributed by atoms with Gasteiger partial charge < -0.3 is 19.9 Å². The van der Waals surface area contributed by atoms with Gasteiger partial charge in [-0.15, -0.1) is 0 Å². The Balaban J connectivity index is 2.07. The van der Waals surface area contributed by atoms with Crippen LogP contribution in [0.3, 0.4) is 0 Å². The molecule has 7 heteroatoms. The number of hydrogen-bond acceptors (Lipinski definition) is 5. The van der Waals surface area contributed by atoms with E-state index in [-0.39, 0.29) is 12.3 Å². The van der Waals surface area contributed by atoms with Gasteiger partial charge in [-0.2, -0.15) is 0 Å². The van der Waals surface area contributed by atoms with Gasteiger partial charge in [0.15, 0.2) is 6.29 Å². The summed E-state index contributed by atoms with van der Waals surface area (Å²) in [6, 6.07) is 6.83. The Morgan fingerprint density at radius 2 is 1.83 bits per heavy atom. The Hall–Kier alpha value is -2.22. The summed E-state index contributed by atoms with van der Waals surface area (Å²) in [5.41, 5.74) is 3.22. The highest BCUT2D eigenvalue weighted by molar-refractivity contribution is 5.73. The van der Waals surface area contributed by atoms with E-state index in [1.54, 1.807) is 12.5 Å². The number of benzene rings is 1. The summed E-state index contributed by atoms with van der Waals surface area (Å²) >= 11 is 0. The third-order valence-corrected chi connectivity index (χ3v) is 5.21. The molecule has 2 aromatic rings. The quantitative estimate of drug-likeness (QED) is 0.373. The van der Waals surface area contributed by atoms with Crippen LogP contribution < -0.4 is 5.32 Å². The lowest BCUT2D eigenvalue weighted by atomic mass is 10.0. The maximum absolute atomic E-state index is 11.8. The Morgan fingerprint density at radius 3 is 2.40 bits per heavy atom. The van der Waals surface area contributed by atoms with Crippen LogP contribution in [-0.4, -0.2) is 49.2 Å². The van der Waals surface area contributed by atoms with E-state index < -0.39 is 24.3 Å². The number of aliphatic carboxylic acids is 1. The van der Waals surface area contributed by atoms with E-state index in [0.29, 0.717) is 13.0 Å². The molecule has 2 rings (SSSR count). The van der Waals surface area contributed by atoms with Crippen molar-refractivity contribution in [2.24, 2.45) is 5.92 Å². The highest BCUT2D eigenvalue weighted by Crippen LogP contribution is 2.14. The predicted octanol–water partition coefficient (Wildman–Crippen LogP) is 2.58. The monoisotopic (exact) mass is 417 g/mol. The van der Waals surface area contributed by atoms with Crippen molar-refractivity contribution in [2.45, 2.75) is 77.8 Å². The van der Waals surface area contributed by atoms with Crippen LogP contribution in [0.25, 0.3) is 0 Å². The van der Waals surface area contributed by atoms with Crippen molar-refractivity contribution in [1.29, 1.82) is 0 Å². The van der Waals surface area contributed by atoms with Crippen LogP contribution in [0.15, 0.2) is 36.8 Å². The van der Waals surface area contributed by atoms with E-state index in [1.807, 2.05) is 18.4 Å². The lowest BCUT2D eigenvalue weighted by Gasteiger charge is -2.26. The zero-order valence-electron chi connectivity index (χ0n) is 18.2. The summed E-state index contributed by atoms with van der Waals surface area (Å²) < 4.78 is 1.94. The topological polar surface area (TPSA) is 108 Å². The van der Waals surface area contributed by atoms with Crippen molar-refractivity contribution in [3.63, 3.8) is 0 Å². The summed E-state index contributed by atoms with van der Waals surface area (Å²) in [4.78, 5) is 16.0. The third-order valence-electron chi connectivity index (χ3n) is 5.21. The fourth-order valence-electron chi connectivity index (χ4n) is 3.52. The average molecular weight is 418 g/mol. The molecule has 1 aromatic heterocycles. The first kappa shape index (κ1) is 24.1. The lowest BCUT2D eigenvalue weighted by Crippen LogP contribution is -2.50. The van der Waals surface area contributed by atoms with Crippen molar-refractivity contribution in [2.75, 3.05) is 0 Å². The third kappa shape index (κ3) is 7.55. The molecule has 0 fully saturated rings. The number of rotatable bonds is 13. The van der Waals surface area contributed by atoms with Crippen molar-refractivity contribution in [3.05, 3.63) is 53.6 Å². The number of aryl methyl sites for hydroxylation is 1. The van der Waals surface area contributed by atoms with Crippen LogP contribution >= 0.6 is 0 Å². The molecule has 30 heavy (non-hydrogen) atoms. The van der Waals surface area contributed by atoms with Crippen molar-refractivity contribution >= 4 is 5.97 Å². The van der Waals surface area contributed by atoms with Crippen LogP contribution in [0, 0.1) is 5.92 Å². The first-order chi connectivity index (χ1) is 14.3. The van der Waals surface area contributed by atoms with Gasteiger partial charge in [-0.3, -0.25) is 10.1 Å². The summed E-state index contributed by atoms with van der Waals surface area (Å²) in [6.45, 7) is 6.69. The number of aromatic nitrogens is 2. The number of hydrogen-bond donors (Lipinski definition) is 4. The summed E-state index contributed by atoms with van der Waals surface area (Å²) in [7, 11) is 0. The maximum atomic E-state index is 11.8. The SMILES string of the molecule is CCCCc1ccc(Cn2cncc2C[C@H](NC(CC(C)C)C(O)O)C(=O)O)cc1. The fraction of sp³-hybridized carbons (Fsp3) is 0.565. The van der Waals surface area contributed by atoms with Gasteiger partial charge in [0.05, 0.1) is 12.4 Å². The number of unbranched alkanes of at least 4 members (excludes halogenated alkanes) is 1. The molecule has 0 radical (unpaired) electrons. The van der Waals surface area contributed by atoms with E-state index in [9.17, 15) is 20.1 Å². The standard InChI is InChI=1S/C23H35N3O4/c1-4-5-6-17-7-9-18(10-8-17)14-26-15-24-13-19(26)12-21(23(29)30)25-20(22(27)28)11-16(2)3/h7-10,13,15-16,20-22,25,27-28H,4-6,11-12,14H2,1-3H3,(H,29,30)/t20?,21-/m0/s1. The molecule has 0 spiro atoms. The number of nitrogens with one attached hydrogen (secondary N) is 1. The van der Waals surface area contributed by atoms with Gasteiger partial charge in [-0.05, 0) is 36.3 Å². The molecular formula is C23H35N3O4. The van der Waals surface area contributed by atoms with Crippen LogP contribution in [-0.2, 0) is 24.2 Å². The Labute approximate surface area is 178 Å². The van der Waals surface area contributed by atoms with E-state index in [0.717, 1.165) is 17.7 Å². The smallest absolute Gasteiger partial charge is 0.321 e. The van der Waals surface area contributed by atoms with E-state index >= 15 is 0 Å². The Bertz CT molecular complexity index is 771. The molecule has 0 saturated carbocycles. The second-order valence-electron chi connectivity index (χ2n) is 8.34. The van der Waals surface area contributed by atoms with E-state index in [1.165, 1.54) is 18.4 Å². The molecule has 1 unspecified atom stereocenters. The molecule has 1 heterocycles. The molecule has 166 valence electrons. The highest BCUT2D eigenvalue weighted by Gasteiger charge is 2.27.